The van der Waals surface area contributed by atoms with E-state index in [0.29, 0.717) is 47.9 Å². The van der Waals surface area contributed by atoms with E-state index in [4.69, 9.17) is 37.4 Å². The van der Waals surface area contributed by atoms with Crippen LogP contribution in [0.4, 0.5) is 15.8 Å². The lowest BCUT2D eigenvalue weighted by atomic mass is 9.96. The largest absolute Gasteiger partial charge is 0.478 e. The van der Waals surface area contributed by atoms with Gasteiger partial charge in [0.1, 0.15) is 11.6 Å². The fraction of sp³-hybridized carbons (Fsp3) is 0.444. The third kappa shape index (κ3) is 5.79. The summed E-state index contributed by atoms with van der Waals surface area (Å²) >= 11 is 13.4. The Labute approximate surface area is 293 Å². The van der Waals surface area contributed by atoms with Crippen molar-refractivity contribution < 1.29 is 33.3 Å². The molecule has 4 fully saturated rings. The van der Waals surface area contributed by atoms with Crippen molar-refractivity contribution in [2.45, 2.75) is 50.5 Å². The molecule has 3 aromatic carbocycles. The summed E-state index contributed by atoms with van der Waals surface area (Å²) in [6.45, 7) is 7.37. The summed E-state index contributed by atoms with van der Waals surface area (Å²) in [7, 11) is 0. The molecule has 258 valence electrons. The van der Waals surface area contributed by atoms with Gasteiger partial charge in [0.25, 0.3) is 5.91 Å². The normalized spacial score (nSPS) is 24.0. The number of anilines is 2. The van der Waals surface area contributed by atoms with Crippen LogP contribution < -0.4 is 14.5 Å². The van der Waals surface area contributed by atoms with Gasteiger partial charge >= 0.3 is 5.97 Å². The molecular weight excluding hydrogens is 674 g/mol. The summed E-state index contributed by atoms with van der Waals surface area (Å²) in [6.07, 6.45) is 1.77. The molecule has 5 aliphatic rings. The van der Waals surface area contributed by atoms with Gasteiger partial charge in [-0.15, -0.1) is 0 Å². The minimum Gasteiger partial charge on any atom is -0.478 e. The van der Waals surface area contributed by atoms with Gasteiger partial charge < -0.3 is 34.0 Å². The predicted octanol–water partition coefficient (Wildman–Crippen LogP) is 5.77. The summed E-state index contributed by atoms with van der Waals surface area (Å²) in [5.74, 6) is -1.78. The van der Waals surface area contributed by atoms with E-state index in [-0.39, 0.29) is 58.0 Å². The van der Waals surface area contributed by atoms with E-state index in [1.165, 1.54) is 4.90 Å². The Morgan fingerprint density at radius 3 is 2.37 bits per heavy atom. The van der Waals surface area contributed by atoms with Gasteiger partial charge in [0, 0.05) is 54.1 Å². The van der Waals surface area contributed by atoms with Crippen molar-refractivity contribution >= 4 is 46.5 Å². The first-order valence-corrected chi connectivity index (χ1v) is 17.5. The number of hydrogen-bond acceptors (Lipinski definition) is 8. The molecule has 0 radical (unpaired) electrons. The third-order valence-corrected chi connectivity index (χ3v) is 11.2. The summed E-state index contributed by atoms with van der Waals surface area (Å²) in [5.41, 5.74) is 2.87. The lowest BCUT2D eigenvalue weighted by Gasteiger charge is -2.50. The van der Waals surface area contributed by atoms with Gasteiger partial charge in [-0.05, 0) is 44.0 Å². The Balaban J connectivity index is 1.02. The van der Waals surface area contributed by atoms with Crippen LogP contribution in [0, 0.1) is 5.82 Å². The second-order valence-corrected chi connectivity index (χ2v) is 14.4. The Morgan fingerprint density at radius 1 is 0.939 bits per heavy atom. The van der Waals surface area contributed by atoms with Gasteiger partial charge in [0.15, 0.2) is 6.73 Å². The average Bonchev–Trinajstić information content (AvgIpc) is 3.30. The minimum absolute atomic E-state index is 0.0325. The number of benzene rings is 3. The average molecular weight is 712 g/mol. The highest BCUT2D eigenvalue weighted by Crippen LogP contribution is 2.43. The van der Waals surface area contributed by atoms with E-state index in [1.54, 1.807) is 30.3 Å². The molecule has 2 bridgehead atoms. The fourth-order valence-corrected chi connectivity index (χ4v) is 8.69. The van der Waals surface area contributed by atoms with Crippen LogP contribution >= 0.6 is 23.2 Å². The van der Waals surface area contributed by atoms with Crippen molar-refractivity contribution in [3.8, 4) is 16.9 Å². The van der Waals surface area contributed by atoms with Crippen LogP contribution in [-0.4, -0.2) is 104 Å². The van der Waals surface area contributed by atoms with Crippen LogP contribution in [0.1, 0.15) is 46.0 Å². The van der Waals surface area contributed by atoms with Crippen LogP contribution in [-0.2, 0) is 16.0 Å². The predicted molar refractivity (Wildman–Crippen MR) is 184 cm³/mol. The highest BCUT2D eigenvalue weighted by molar-refractivity contribution is 6.40. The zero-order chi connectivity index (χ0) is 34.0. The molecule has 3 aromatic rings. The number of hydrogen-bond donors (Lipinski definition) is 1. The molecule has 5 heterocycles. The number of carboxylic acid groups (broad SMARTS) is 1. The topological polar surface area (TPSA) is 95.0 Å². The van der Waals surface area contributed by atoms with Crippen molar-refractivity contribution in [2.75, 3.05) is 62.6 Å². The lowest BCUT2D eigenvalue weighted by Crippen LogP contribution is -2.63. The van der Waals surface area contributed by atoms with Crippen molar-refractivity contribution in [1.82, 2.24) is 9.80 Å². The molecular formula is C36H37Cl2FN4O6. The number of para-hydroxylation sites is 1. The first-order chi connectivity index (χ1) is 23.7. The second kappa shape index (κ2) is 12.9. The van der Waals surface area contributed by atoms with Gasteiger partial charge in [0.2, 0.25) is 0 Å². The van der Waals surface area contributed by atoms with Gasteiger partial charge in [-0.3, -0.25) is 9.69 Å². The van der Waals surface area contributed by atoms with Crippen LogP contribution in [0.2, 0.25) is 10.0 Å². The molecule has 0 spiro atoms. The zero-order valence-electron chi connectivity index (χ0n) is 27.0. The molecule has 4 saturated heterocycles. The van der Waals surface area contributed by atoms with E-state index in [2.05, 4.69) is 21.6 Å². The molecule has 1 N–H and O–H groups in total. The molecule has 49 heavy (non-hydrogen) atoms. The maximum absolute atomic E-state index is 15.7. The van der Waals surface area contributed by atoms with E-state index < -0.39 is 11.8 Å². The molecule has 0 saturated carbocycles. The second-order valence-electron chi connectivity index (χ2n) is 13.6. The maximum atomic E-state index is 15.7. The molecule has 13 heteroatoms. The SMILES string of the molecule is C[C@H]1COCCN1C1CN(c2cc(Cl)c(C(=O)N3COc4c(cccc4-c4cc(N5C6CCC5COC6)c(C(=O)O)cc4F)C3)c(Cl)c2)C1. The smallest absolute Gasteiger partial charge is 0.337 e. The Bertz CT molecular complexity index is 1780. The molecule has 1 amide bonds. The standard InChI is InChI=1S/C36H37Cl2FN4O6/c1-20-16-47-8-7-42(20)25-14-40(15-25)24-9-29(37)33(30(38)10-24)35(44)41-13-21-3-2-4-26(34(21)49-19-41)27-12-32(28(36(45)46)11-31(27)39)43-22-5-6-23(43)18-48-17-22/h2-4,9-12,20,22-23,25H,5-8,13-19H2,1H3,(H,45,46)/t20-,22?,23?/m0/s1. The van der Waals surface area contributed by atoms with E-state index in [9.17, 15) is 14.7 Å². The molecule has 2 unspecified atom stereocenters. The summed E-state index contributed by atoms with van der Waals surface area (Å²) in [4.78, 5) is 34.3. The van der Waals surface area contributed by atoms with Gasteiger partial charge in [-0.2, -0.15) is 0 Å². The van der Waals surface area contributed by atoms with E-state index in [0.717, 1.165) is 57.4 Å². The van der Waals surface area contributed by atoms with Gasteiger partial charge in [-0.25, -0.2) is 9.18 Å². The Kier molecular flexibility index (Phi) is 8.60. The first kappa shape index (κ1) is 32.6. The highest BCUT2D eigenvalue weighted by Gasteiger charge is 2.40. The number of amides is 1. The maximum Gasteiger partial charge on any atom is 0.337 e. The fourth-order valence-electron chi connectivity index (χ4n) is 8.05. The monoisotopic (exact) mass is 710 g/mol. The van der Waals surface area contributed by atoms with Gasteiger partial charge in [-0.1, -0.05) is 41.4 Å². The first-order valence-electron chi connectivity index (χ1n) is 16.7. The third-order valence-electron chi connectivity index (χ3n) is 10.6. The quantitative estimate of drug-likeness (QED) is 0.342. The van der Waals surface area contributed by atoms with E-state index >= 15 is 4.39 Å². The number of fused-ring (bicyclic) bond motifs is 3. The molecule has 10 nitrogen and oxygen atoms in total. The number of nitrogens with zero attached hydrogens (tertiary/aromatic N) is 4. The number of morpholine rings is 2. The van der Waals surface area contributed by atoms with Crippen LogP contribution in [0.25, 0.3) is 11.1 Å². The summed E-state index contributed by atoms with van der Waals surface area (Å²) in [5, 5.41) is 10.5. The van der Waals surface area contributed by atoms with Gasteiger partial charge in [0.05, 0.1) is 71.9 Å². The lowest BCUT2D eigenvalue weighted by molar-refractivity contribution is -0.0274. The molecule has 0 aromatic heterocycles. The van der Waals surface area contributed by atoms with Crippen molar-refractivity contribution in [2.24, 2.45) is 0 Å². The minimum atomic E-state index is -1.19. The van der Waals surface area contributed by atoms with Crippen LogP contribution in [0.5, 0.6) is 5.75 Å². The number of rotatable bonds is 6. The summed E-state index contributed by atoms with van der Waals surface area (Å²) < 4.78 is 33.2. The number of carbonyl (C=O) groups excluding carboxylic acids is 1. The number of carbonyl (C=O) groups is 2. The Hall–Kier alpha value is -3.61. The van der Waals surface area contributed by atoms with Crippen molar-refractivity contribution in [3.63, 3.8) is 0 Å². The Morgan fingerprint density at radius 2 is 1.67 bits per heavy atom. The van der Waals surface area contributed by atoms with E-state index in [1.807, 2.05) is 6.07 Å². The van der Waals surface area contributed by atoms with Crippen molar-refractivity contribution in [1.29, 1.82) is 0 Å². The number of aromatic carboxylic acids is 1. The summed E-state index contributed by atoms with van der Waals surface area (Å²) in [6, 6.07) is 12.5. The van der Waals surface area contributed by atoms with Crippen molar-refractivity contribution in [3.05, 3.63) is 75.0 Å². The van der Waals surface area contributed by atoms with Crippen LogP contribution in [0.3, 0.4) is 0 Å². The molecule has 3 atom stereocenters. The number of halogens is 3. The number of carboxylic acids is 1. The molecule has 0 aliphatic carbocycles. The zero-order valence-corrected chi connectivity index (χ0v) is 28.6. The number of ether oxygens (including phenoxy) is 3. The molecule has 5 aliphatic heterocycles. The van der Waals surface area contributed by atoms with Crippen LogP contribution in [0.15, 0.2) is 42.5 Å². The molecule has 8 rings (SSSR count). The highest BCUT2D eigenvalue weighted by atomic mass is 35.5.